The molecule has 1 heterocycles. The van der Waals surface area contributed by atoms with E-state index >= 15 is 0 Å². The van der Waals surface area contributed by atoms with Gasteiger partial charge in [-0.05, 0) is 39.7 Å². The van der Waals surface area contributed by atoms with Crippen LogP contribution in [0.2, 0.25) is 0 Å². The number of hydrogen-bond acceptors (Lipinski definition) is 1. The van der Waals surface area contributed by atoms with Gasteiger partial charge in [-0.25, -0.2) is 0 Å². The lowest BCUT2D eigenvalue weighted by Gasteiger charge is -2.14. The van der Waals surface area contributed by atoms with Crippen molar-refractivity contribution in [3.8, 4) is 0 Å². The van der Waals surface area contributed by atoms with Gasteiger partial charge in [0.05, 0.1) is 0 Å². The number of carbonyl (C=O) groups excluding carboxylic acids is 1. The van der Waals surface area contributed by atoms with E-state index in [0.29, 0.717) is 5.78 Å². The van der Waals surface area contributed by atoms with Gasteiger partial charge in [0, 0.05) is 29.9 Å². The van der Waals surface area contributed by atoms with Crippen LogP contribution in [0.25, 0.3) is 0 Å². The smallest absolute Gasteiger partial charge is 0.164 e. The van der Waals surface area contributed by atoms with Crippen LogP contribution < -0.4 is 0 Å². The molecule has 0 amide bonds. The Bertz CT molecular complexity index is 448. The molecule has 0 atom stereocenters. The maximum atomic E-state index is 11.8. The molecule has 0 N–H and O–H groups in total. The second kappa shape index (κ2) is 4.28. The molecule has 0 radical (unpaired) electrons. The summed E-state index contributed by atoms with van der Waals surface area (Å²) in [5.41, 5.74) is 4.74. The molecule has 1 aliphatic carbocycles. The standard InChI is InChI=1S/C14H19NO/c1-10(2)7-8-15-11(3)9-12-13(15)5-4-6-14(12)16/h7,9H,4-6,8H2,1-3H3. The van der Waals surface area contributed by atoms with Gasteiger partial charge in [-0.3, -0.25) is 4.79 Å². The van der Waals surface area contributed by atoms with Gasteiger partial charge < -0.3 is 4.57 Å². The molecule has 0 aromatic carbocycles. The summed E-state index contributed by atoms with van der Waals surface area (Å²) in [6.45, 7) is 7.20. The lowest BCUT2D eigenvalue weighted by Crippen LogP contribution is -2.13. The minimum atomic E-state index is 0.320. The van der Waals surface area contributed by atoms with Crippen LogP contribution in [0.3, 0.4) is 0 Å². The van der Waals surface area contributed by atoms with Gasteiger partial charge in [-0.1, -0.05) is 11.6 Å². The molecular formula is C14H19NO. The predicted molar refractivity (Wildman–Crippen MR) is 65.9 cm³/mol. The lowest BCUT2D eigenvalue weighted by atomic mass is 9.97. The molecule has 0 aliphatic heterocycles. The molecule has 0 fully saturated rings. The van der Waals surface area contributed by atoms with Gasteiger partial charge in [0.15, 0.2) is 5.78 Å². The van der Waals surface area contributed by atoms with Crippen molar-refractivity contribution in [2.24, 2.45) is 0 Å². The second-order valence-corrected chi connectivity index (χ2v) is 4.81. The number of ketones is 1. The SMILES string of the molecule is CC(C)=CCn1c(C)cc2c1CCCC2=O. The molecule has 0 spiro atoms. The van der Waals surface area contributed by atoms with E-state index in [9.17, 15) is 4.79 Å². The van der Waals surface area contributed by atoms with E-state index in [1.165, 1.54) is 17.0 Å². The van der Waals surface area contributed by atoms with E-state index in [4.69, 9.17) is 0 Å². The summed E-state index contributed by atoms with van der Waals surface area (Å²) < 4.78 is 2.28. The molecule has 1 aromatic heterocycles. The number of Topliss-reactive ketones (excluding diaryl/α,β-unsaturated/α-hetero) is 1. The quantitative estimate of drug-likeness (QED) is 0.697. The van der Waals surface area contributed by atoms with Gasteiger partial charge >= 0.3 is 0 Å². The number of aryl methyl sites for hydroxylation is 1. The van der Waals surface area contributed by atoms with Crippen LogP contribution >= 0.6 is 0 Å². The number of fused-ring (bicyclic) bond motifs is 1. The van der Waals surface area contributed by atoms with Crippen LogP contribution in [0.1, 0.15) is 48.4 Å². The van der Waals surface area contributed by atoms with Crippen LogP contribution in [0, 0.1) is 6.92 Å². The maximum absolute atomic E-state index is 11.8. The van der Waals surface area contributed by atoms with Crippen LogP contribution in [0.15, 0.2) is 17.7 Å². The Morgan fingerprint density at radius 2 is 2.19 bits per heavy atom. The fourth-order valence-electron chi connectivity index (χ4n) is 2.32. The first kappa shape index (κ1) is 11.2. The van der Waals surface area contributed by atoms with Crippen molar-refractivity contribution in [2.45, 2.75) is 46.6 Å². The van der Waals surface area contributed by atoms with Gasteiger partial charge in [-0.15, -0.1) is 0 Å². The van der Waals surface area contributed by atoms with E-state index < -0.39 is 0 Å². The fraction of sp³-hybridized carbons (Fsp3) is 0.500. The summed E-state index contributed by atoms with van der Waals surface area (Å²) in [6.07, 6.45) is 4.99. The zero-order chi connectivity index (χ0) is 11.7. The second-order valence-electron chi connectivity index (χ2n) is 4.81. The third-order valence-electron chi connectivity index (χ3n) is 3.22. The molecule has 0 bridgehead atoms. The Kier molecular flexibility index (Phi) is 2.99. The van der Waals surface area contributed by atoms with Crippen LogP contribution in [-0.2, 0) is 13.0 Å². The van der Waals surface area contributed by atoms with Crippen molar-refractivity contribution < 1.29 is 4.79 Å². The highest BCUT2D eigenvalue weighted by molar-refractivity contribution is 5.98. The molecule has 86 valence electrons. The first-order valence-electron chi connectivity index (χ1n) is 5.95. The number of hydrogen-bond donors (Lipinski definition) is 0. The van der Waals surface area contributed by atoms with Crippen molar-refractivity contribution >= 4 is 5.78 Å². The summed E-state index contributed by atoms with van der Waals surface area (Å²) in [7, 11) is 0. The fourth-order valence-corrected chi connectivity index (χ4v) is 2.32. The molecule has 1 aromatic rings. The van der Waals surface area contributed by atoms with Crippen molar-refractivity contribution in [3.63, 3.8) is 0 Å². The maximum Gasteiger partial charge on any atom is 0.164 e. The van der Waals surface area contributed by atoms with Crippen molar-refractivity contribution in [3.05, 3.63) is 34.7 Å². The minimum Gasteiger partial charge on any atom is -0.344 e. The average molecular weight is 217 g/mol. The summed E-state index contributed by atoms with van der Waals surface area (Å²) in [4.78, 5) is 11.8. The minimum absolute atomic E-state index is 0.320. The molecule has 0 unspecified atom stereocenters. The molecule has 0 saturated carbocycles. The zero-order valence-corrected chi connectivity index (χ0v) is 10.3. The molecule has 2 rings (SSSR count). The third-order valence-corrected chi connectivity index (χ3v) is 3.22. The Hall–Kier alpha value is -1.31. The first-order valence-corrected chi connectivity index (χ1v) is 5.95. The molecule has 2 heteroatoms. The average Bonchev–Trinajstić information content (AvgIpc) is 2.53. The van der Waals surface area contributed by atoms with E-state index in [1.807, 2.05) is 0 Å². The zero-order valence-electron chi connectivity index (χ0n) is 10.3. The molecule has 0 saturated heterocycles. The number of rotatable bonds is 2. The lowest BCUT2D eigenvalue weighted by molar-refractivity contribution is 0.0972. The van der Waals surface area contributed by atoms with Gasteiger partial charge in [0.2, 0.25) is 0 Å². The Labute approximate surface area is 97.0 Å². The highest BCUT2D eigenvalue weighted by atomic mass is 16.1. The Morgan fingerprint density at radius 1 is 1.44 bits per heavy atom. The number of carbonyl (C=O) groups is 1. The van der Waals surface area contributed by atoms with Crippen LogP contribution in [0.4, 0.5) is 0 Å². The third kappa shape index (κ3) is 1.97. The Morgan fingerprint density at radius 3 is 2.88 bits per heavy atom. The number of nitrogens with zero attached hydrogens (tertiary/aromatic N) is 1. The molecule has 2 nitrogen and oxygen atoms in total. The van der Waals surface area contributed by atoms with E-state index in [-0.39, 0.29) is 0 Å². The first-order chi connectivity index (χ1) is 7.59. The van der Waals surface area contributed by atoms with E-state index in [2.05, 4.69) is 37.5 Å². The number of aromatic nitrogens is 1. The van der Waals surface area contributed by atoms with Crippen LogP contribution in [-0.4, -0.2) is 10.4 Å². The monoisotopic (exact) mass is 217 g/mol. The van der Waals surface area contributed by atoms with Gasteiger partial charge in [0.1, 0.15) is 0 Å². The largest absolute Gasteiger partial charge is 0.344 e. The molecular weight excluding hydrogens is 198 g/mol. The van der Waals surface area contributed by atoms with Gasteiger partial charge in [0.25, 0.3) is 0 Å². The highest BCUT2D eigenvalue weighted by Gasteiger charge is 2.21. The normalized spacial score (nSPS) is 14.8. The van der Waals surface area contributed by atoms with E-state index in [0.717, 1.165) is 31.4 Å². The van der Waals surface area contributed by atoms with E-state index in [1.54, 1.807) is 0 Å². The summed E-state index contributed by atoms with van der Waals surface area (Å²) in [5.74, 6) is 0.320. The highest BCUT2D eigenvalue weighted by Crippen LogP contribution is 2.25. The molecule has 16 heavy (non-hydrogen) atoms. The summed E-state index contributed by atoms with van der Waals surface area (Å²) in [5, 5.41) is 0. The summed E-state index contributed by atoms with van der Waals surface area (Å²) >= 11 is 0. The van der Waals surface area contributed by atoms with Crippen molar-refractivity contribution in [1.29, 1.82) is 0 Å². The predicted octanol–water partition coefficient (Wildman–Crippen LogP) is 3.28. The van der Waals surface area contributed by atoms with Gasteiger partial charge in [-0.2, -0.15) is 0 Å². The Balaban J connectivity index is 2.38. The topological polar surface area (TPSA) is 22.0 Å². The number of allylic oxidation sites excluding steroid dienone is 2. The van der Waals surface area contributed by atoms with Crippen molar-refractivity contribution in [1.82, 2.24) is 4.57 Å². The molecule has 1 aliphatic rings. The summed E-state index contributed by atoms with van der Waals surface area (Å²) in [6, 6.07) is 2.05. The van der Waals surface area contributed by atoms with Crippen molar-refractivity contribution in [2.75, 3.05) is 0 Å². The van der Waals surface area contributed by atoms with Crippen LogP contribution in [0.5, 0.6) is 0 Å².